The molecular formula is C10H15N7O3. The van der Waals surface area contributed by atoms with Crippen LogP contribution < -0.4 is 17.2 Å². The first-order valence-corrected chi connectivity index (χ1v) is 6.00. The van der Waals surface area contributed by atoms with Crippen molar-refractivity contribution in [3.05, 3.63) is 6.33 Å². The second kappa shape index (κ2) is 4.52. The number of hydrogen-bond acceptors (Lipinski definition) is 9. The van der Waals surface area contributed by atoms with E-state index < -0.39 is 24.5 Å². The number of aromatic nitrogens is 4. The molecule has 1 aliphatic rings. The molecule has 0 radical (unpaired) electrons. The zero-order valence-corrected chi connectivity index (χ0v) is 10.4. The van der Waals surface area contributed by atoms with Gasteiger partial charge in [0.1, 0.15) is 24.6 Å². The van der Waals surface area contributed by atoms with Crippen LogP contribution >= 0.6 is 0 Å². The van der Waals surface area contributed by atoms with E-state index in [-0.39, 0.29) is 18.3 Å². The van der Waals surface area contributed by atoms with E-state index >= 15 is 0 Å². The molecular weight excluding hydrogens is 266 g/mol. The van der Waals surface area contributed by atoms with Gasteiger partial charge >= 0.3 is 0 Å². The number of imidazole rings is 1. The molecule has 10 nitrogen and oxygen atoms in total. The molecule has 1 aliphatic heterocycles. The van der Waals surface area contributed by atoms with Gasteiger partial charge in [-0.15, -0.1) is 0 Å². The number of nitrogen functional groups attached to an aromatic ring is 2. The summed E-state index contributed by atoms with van der Waals surface area (Å²) in [5.74, 6) is 0.227. The first kappa shape index (κ1) is 13.0. The Hall–Kier alpha value is -2.01. The van der Waals surface area contributed by atoms with Gasteiger partial charge in [0.2, 0.25) is 5.95 Å². The number of ether oxygens (including phenoxy) is 1. The summed E-state index contributed by atoms with van der Waals surface area (Å²) in [5.41, 5.74) is 17.6. The molecule has 1 fully saturated rings. The van der Waals surface area contributed by atoms with Crippen LogP contribution in [0.5, 0.6) is 0 Å². The SMILES string of the molecule is NC[C@H]1O[C@@H](n2c(N)nc3c(N)ncnc32)C(O)C1O. The van der Waals surface area contributed by atoms with Crippen LogP contribution in [0.25, 0.3) is 11.2 Å². The number of fused-ring (bicyclic) bond motifs is 1. The first-order valence-electron chi connectivity index (χ1n) is 6.00. The summed E-state index contributed by atoms with van der Waals surface area (Å²) in [6.45, 7) is 0.0678. The third-order valence-corrected chi connectivity index (χ3v) is 3.36. The van der Waals surface area contributed by atoms with Gasteiger partial charge in [-0.05, 0) is 0 Å². The highest BCUT2D eigenvalue weighted by atomic mass is 16.6. The molecule has 10 heteroatoms. The molecule has 3 rings (SSSR count). The molecule has 8 N–H and O–H groups in total. The van der Waals surface area contributed by atoms with E-state index in [0.717, 1.165) is 0 Å². The molecule has 0 amide bonds. The first-order chi connectivity index (χ1) is 9.54. The molecule has 3 heterocycles. The highest BCUT2D eigenvalue weighted by molar-refractivity contribution is 5.83. The Morgan fingerprint density at radius 3 is 2.65 bits per heavy atom. The lowest BCUT2D eigenvalue weighted by atomic mass is 10.1. The molecule has 20 heavy (non-hydrogen) atoms. The number of aliphatic hydroxyl groups is 2. The number of hydrogen-bond donors (Lipinski definition) is 5. The van der Waals surface area contributed by atoms with Crippen molar-refractivity contribution in [3.8, 4) is 0 Å². The fourth-order valence-corrected chi connectivity index (χ4v) is 2.33. The van der Waals surface area contributed by atoms with Crippen molar-refractivity contribution in [2.75, 3.05) is 18.0 Å². The maximum Gasteiger partial charge on any atom is 0.204 e. The highest BCUT2D eigenvalue weighted by Crippen LogP contribution is 2.33. The smallest absolute Gasteiger partial charge is 0.204 e. The van der Waals surface area contributed by atoms with Crippen molar-refractivity contribution >= 4 is 22.9 Å². The normalized spacial score (nSPS) is 30.1. The fourth-order valence-electron chi connectivity index (χ4n) is 2.33. The average Bonchev–Trinajstić information content (AvgIpc) is 2.90. The van der Waals surface area contributed by atoms with Crippen LogP contribution in [0, 0.1) is 0 Å². The van der Waals surface area contributed by atoms with Crippen LogP contribution in [0.1, 0.15) is 6.23 Å². The summed E-state index contributed by atoms with van der Waals surface area (Å²) in [6, 6.07) is 0. The van der Waals surface area contributed by atoms with Gasteiger partial charge in [0.15, 0.2) is 23.2 Å². The Bertz CT molecular complexity index is 645. The topological polar surface area (TPSA) is 171 Å². The van der Waals surface area contributed by atoms with Crippen LogP contribution in [0.2, 0.25) is 0 Å². The zero-order valence-electron chi connectivity index (χ0n) is 10.4. The van der Waals surface area contributed by atoms with Crippen molar-refractivity contribution in [2.24, 2.45) is 5.73 Å². The maximum atomic E-state index is 10.1. The van der Waals surface area contributed by atoms with E-state index in [1.807, 2.05) is 0 Å². The summed E-state index contributed by atoms with van der Waals surface area (Å²) in [7, 11) is 0. The second-order valence-electron chi connectivity index (χ2n) is 4.55. The minimum atomic E-state index is -1.19. The molecule has 4 atom stereocenters. The van der Waals surface area contributed by atoms with Crippen LogP contribution in [0.3, 0.4) is 0 Å². The van der Waals surface area contributed by atoms with E-state index in [1.165, 1.54) is 10.9 Å². The van der Waals surface area contributed by atoms with E-state index in [2.05, 4.69) is 15.0 Å². The van der Waals surface area contributed by atoms with E-state index in [0.29, 0.717) is 11.2 Å². The average molecular weight is 281 g/mol. The fraction of sp³-hybridized carbons (Fsp3) is 0.500. The van der Waals surface area contributed by atoms with Gasteiger partial charge in [-0.25, -0.2) is 15.0 Å². The van der Waals surface area contributed by atoms with Gasteiger partial charge < -0.3 is 32.2 Å². The molecule has 1 saturated heterocycles. The third-order valence-electron chi connectivity index (χ3n) is 3.36. The van der Waals surface area contributed by atoms with Gasteiger partial charge in [0.25, 0.3) is 0 Å². The van der Waals surface area contributed by atoms with Gasteiger partial charge in [0.05, 0.1) is 0 Å². The lowest BCUT2D eigenvalue weighted by Gasteiger charge is -2.17. The standard InChI is InChI=1S/C10H15N7O3/c11-1-3-5(18)6(19)9(20-3)17-8-4(16-10(17)13)7(12)14-2-15-8/h2-3,5-6,9,18-19H,1,11H2,(H2,13,16)(H2,12,14,15)/t3-,5?,6?,9-/m1/s1. The van der Waals surface area contributed by atoms with Crippen LogP contribution in [0.4, 0.5) is 11.8 Å². The number of aliphatic hydroxyl groups excluding tert-OH is 2. The van der Waals surface area contributed by atoms with Gasteiger partial charge in [0, 0.05) is 6.54 Å². The Labute approximate surface area is 113 Å². The predicted octanol–water partition coefficient (Wildman–Crippen LogP) is -2.43. The van der Waals surface area contributed by atoms with Gasteiger partial charge in [-0.1, -0.05) is 0 Å². The Balaban J connectivity index is 2.11. The lowest BCUT2D eigenvalue weighted by molar-refractivity contribution is -0.0308. The summed E-state index contributed by atoms with van der Waals surface area (Å²) >= 11 is 0. The third kappa shape index (κ3) is 1.70. The van der Waals surface area contributed by atoms with Crippen molar-refractivity contribution < 1.29 is 14.9 Å². The molecule has 2 unspecified atom stereocenters. The Morgan fingerprint density at radius 2 is 2.00 bits per heavy atom. The van der Waals surface area contributed by atoms with E-state index in [4.69, 9.17) is 21.9 Å². The van der Waals surface area contributed by atoms with Crippen LogP contribution in [0.15, 0.2) is 6.33 Å². The van der Waals surface area contributed by atoms with E-state index in [9.17, 15) is 10.2 Å². The van der Waals surface area contributed by atoms with Crippen molar-refractivity contribution in [1.82, 2.24) is 19.5 Å². The van der Waals surface area contributed by atoms with Crippen molar-refractivity contribution in [3.63, 3.8) is 0 Å². The number of rotatable bonds is 2. The lowest BCUT2D eigenvalue weighted by Crippen LogP contribution is -2.35. The summed E-state index contributed by atoms with van der Waals surface area (Å²) in [4.78, 5) is 11.9. The van der Waals surface area contributed by atoms with Gasteiger partial charge in [-0.3, -0.25) is 4.57 Å². The summed E-state index contributed by atoms with van der Waals surface area (Å²) in [5, 5.41) is 19.9. The molecule has 2 aromatic rings. The van der Waals surface area contributed by atoms with Crippen molar-refractivity contribution in [1.29, 1.82) is 0 Å². The molecule has 0 aliphatic carbocycles. The summed E-state index contributed by atoms with van der Waals surface area (Å²) < 4.78 is 6.90. The van der Waals surface area contributed by atoms with E-state index in [1.54, 1.807) is 0 Å². The molecule has 0 spiro atoms. The Morgan fingerprint density at radius 1 is 1.25 bits per heavy atom. The quantitative estimate of drug-likeness (QED) is 0.401. The molecule has 0 aromatic carbocycles. The molecule has 0 saturated carbocycles. The monoisotopic (exact) mass is 281 g/mol. The Kier molecular flexibility index (Phi) is 2.94. The van der Waals surface area contributed by atoms with Crippen molar-refractivity contribution in [2.45, 2.75) is 24.5 Å². The minimum absolute atomic E-state index is 0.0566. The second-order valence-corrected chi connectivity index (χ2v) is 4.55. The predicted molar refractivity (Wildman–Crippen MR) is 69.1 cm³/mol. The van der Waals surface area contributed by atoms with Crippen LogP contribution in [-0.4, -0.2) is 54.6 Å². The molecule has 0 bridgehead atoms. The maximum absolute atomic E-state index is 10.1. The minimum Gasteiger partial charge on any atom is -0.387 e. The largest absolute Gasteiger partial charge is 0.387 e. The number of nitrogens with zero attached hydrogens (tertiary/aromatic N) is 4. The molecule has 2 aromatic heterocycles. The zero-order chi connectivity index (χ0) is 14.4. The summed E-state index contributed by atoms with van der Waals surface area (Å²) in [6.07, 6.45) is -2.67. The number of nitrogens with two attached hydrogens (primary N) is 3. The van der Waals surface area contributed by atoms with Gasteiger partial charge in [-0.2, -0.15) is 0 Å². The van der Waals surface area contributed by atoms with Crippen LogP contribution in [-0.2, 0) is 4.74 Å². The molecule has 108 valence electrons. The number of anilines is 2. The highest BCUT2D eigenvalue weighted by Gasteiger charge is 2.44.